The molecule has 0 spiro atoms. The van der Waals surface area contributed by atoms with Crippen LogP contribution in [0.15, 0.2) is 39.9 Å². The van der Waals surface area contributed by atoms with Gasteiger partial charge < -0.3 is 9.64 Å². The number of amides is 1. The van der Waals surface area contributed by atoms with Crippen LogP contribution >= 0.6 is 0 Å². The lowest BCUT2D eigenvalue weighted by molar-refractivity contribution is 0.170. The third-order valence-corrected chi connectivity index (χ3v) is 3.84. The van der Waals surface area contributed by atoms with Crippen LogP contribution < -0.4 is 16.0 Å². The van der Waals surface area contributed by atoms with Crippen LogP contribution in [0.5, 0.6) is 5.88 Å². The largest absolute Gasteiger partial charge is 0.416 e. The summed E-state index contributed by atoms with van der Waals surface area (Å²) in [5.74, 6) is -0.0781. The number of hydrogen-bond donors (Lipinski definition) is 0. The third-order valence-electron chi connectivity index (χ3n) is 3.84. The van der Waals surface area contributed by atoms with Crippen molar-refractivity contribution in [1.82, 2.24) is 24.0 Å². The molecule has 9 heteroatoms. The van der Waals surface area contributed by atoms with Crippen LogP contribution in [0.4, 0.5) is 4.79 Å². The maximum atomic E-state index is 12.5. The molecule has 2 aromatic heterocycles. The van der Waals surface area contributed by atoms with Gasteiger partial charge in [0.1, 0.15) is 5.69 Å². The number of carbonyl (C=O) groups is 1. The van der Waals surface area contributed by atoms with Crippen molar-refractivity contribution in [2.75, 3.05) is 14.1 Å². The first-order valence-corrected chi connectivity index (χ1v) is 7.73. The summed E-state index contributed by atoms with van der Waals surface area (Å²) < 4.78 is 7.47. The van der Waals surface area contributed by atoms with Gasteiger partial charge in [-0.2, -0.15) is 4.98 Å². The highest BCUT2D eigenvalue weighted by atomic mass is 16.6. The number of aromatic nitrogens is 4. The maximum absolute atomic E-state index is 12.5. The molecule has 0 N–H and O–H groups in total. The van der Waals surface area contributed by atoms with Crippen molar-refractivity contribution in [2.45, 2.75) is 0 Å². The topological polar surface area (TPSA) is 99.3 Å². The molecule has 3 aromatic rings. The Labute approximate surface area is 148 Å². The Balaban J connectivity index is 2.37. The van der Waals surface area contributed by atoms with Crippen LogP contribution in [-0.2, 0) is 14.1 Å². The number of aryl methyl sites for hydroxylation is 1. The maximum Gasteiger partial charge on any atom is 0.416 e. The van der Waals surface area contributed by atoms with Gasteiger partial charge in [0.05, 0.1) is 0 Å². The van der Waals surface area contributed by atoms with Crippen LogP contribution in [0.25, 0.3) is 22.4 Å². The van der Waals surface area contributed by atoms with Crippen LogP contribution in [0, 0.1) is 0 Å². The standard InChI is InChI=1S/C17H17N5O4/c1-20(2)17(25)26-14-11(10-8-6-5-7-9-10)18-12-13(19-14)21(3)16(24)22(4)15(12)23/h5-9H,1-4H3. The van der Waals surface area contributed by atoms with E-state index in [1.165, 1.54) is 37.7 Å². The molecule has 0 fully saturated rings. The van der Waals surface area contributed by atoms with Gasteiger partial charge in [-0.25, -0.2) is 14.6 Å². The summed E-state index contributed by atoms with van der Waals surface area (Å²) in [6.07, 6.45) is -0.648. The van der Waals surface area contributed by atoms with Crippen LogP contribution in [-0.4, -0.2) is 44.2 Å². The van der Waals surface area contributed by atoms with Crippen molar-refractivity contribution in [3.05, 3.63) is 51.2 Å². The number of carbonyl (C=O) groups excluding carboxylic acids is 1. The zero-order chi connectivity index (χ0) is 19.0. The number of ether oxygens (including phenoxy) is 1. The van der Waals surface area contributed by atoms with Gasteiger partial charge in [-0.15, -0.1) is 0 Å². The summed E-state index contributed by atoms with van der Waals surface area (Å²) in [7, 11) is 5.90. The molecule has 134 valence electrons. The Kier molecular flexibility index (Phi) is 4.29. The zero-order valence-corrected chi connectivity index (χ0v) is 14.8. The average molecular weight is 355 g/mol. The highest BCUT2D eigenvalue weighted by Gasteiger charge is 2.20. The molecule has 0 aliphatic heterocycles. The molecule has 0 radical (unpaired) electrons. The lowest BCUT2D eigenvalue weighted by Gasteiger charge is -2.14. The van der Waals surface area contributed by atoms with E-state index < -0.39 is 17.3 Å². The Morgan fingerprint density at radius 1 is 1.04 bits per heavy atom. The highest BCUT2D eigenvalue weighted by molar-refractivity contribution is 5.79. The quantitative estimate of drug-likeness (QED) is 0.673. The minimum absolute atomic E-state index is 0.0121. The first-order valence-electron chi connectivity index (χ1n) is 7.73. The lowest BCUT2D eigenvalue weighted by Crippen LogP contribution is -2.38. The summed E-state index contributed by atoms with van der Waals surface area (Å²) in [5, 5.41) is 0. The van der Waals surface area contributed by atoms with Gasteiger partial charge in [0.25, 0.3) is 11.4 Å². The molecule has 0 unspecified atom stereocenters. The highest BCUT2D eigenvalue weighted by Crippen LogP contribution is 2.27. The van der Waals surface area contributed by atoms with E-state index in [1.807, 2.05) is 6.07 Å². The van der Waals surface area contributed by atoms with E-state index in [-0.39, 0.29) is 22.7 Å². The van der Waals surface area contributed by atoms with Gasteiger partial charge in [0.2, 0.25) is 0 Å². The van der Waals surface area contributed by atoms with Gasteiger partial charge in [0, 0.05) is 33.8 Å². The van der Waals surface area contributed by atoms with Crippen molar-refractivity contribution in [2.24, 2.45) is 14.1 Å². The van der Waals surface area contributed by atoms with Crippen molar-refractivity contribution in [3.8, 4) is 17.1 Å². The van der Waals surface area contributed by atoms with Gasteiger partial charge in [-0.05, 0) is 0 Å². The predicted octanol–water partition coefficient (Wildman–Crippen LogP) is 0.755. The first-order chi connectivity index (χ1) is 12.3. The molecule has 0 saturated heterocycles. The summed E-state index contributed by atoms with van der Waals surface area (Å²) in [5.41, 5.74) is -0.201. The van der Waals surface area contributed by atoms with E-state index in [0.29, 0.717) is 5.56 Å². The lowest BCUT2D eigenvalue weighted by atomic mass is 10.1. The van der Waals surface area contributed by atoms with Crippen molar-refractivity contribution < 1.29 is 9.53 Å². The van der Waals surface area contributed by atoms with Gasteiger partial charge >= 0.3 is 11.8 Å². The second-order valence-electron chi connectivity index (χ2n) is 5.88. The smallest absolute Gasteiger partial charge is 0.389 e. The Morgan fingerprint density at radius 3 is 2.31 bits per heavy atom. The molecule has 1 amide bonds. The Hall–Kier alpha value is -3.49. The zero-order valence-electron chi connectivity index (χ0n) is 14.8. The molecule has 1 aromatic carbocycles. The molecule has 3 rings (SSSR count). The second-order valence-corrected chi connectivity index (χ2v) is 5.88. The number of benzene rings is 1. The summed E-state index contributed by atoms with van der Waals surface area (Å²) in [6.45, 7) is 0. The SMILES string of the molecule is CN(C)C(=O)Oc1nc2c(nc1-c1ccccc1)c(=O)n(C)c(=O)n2C. The molecule has 2 heterocycles. The summed E-state index contributed by atoms with van der Waals surface area (Å²) in [4.78, 5) is 46.5. The molecule has 0 atom stereocenters. The fraction of sp³-hybridized carbons (Fsp3) is 0.235. The van der Waals surface area contributed by atoms with Crippen molar-refractivity contribution in [3.63, 3.8) is 0 Å². The summed E-state index contributed by atoms with van der Waals surface area (Å²) in [6, 6.07) is 8.92. The number of fused-ring (bicyclic) bond motifs is 1. The van der Waals surface area contributed by atoms with Crippen LogP contribution in [0.2, 0.25) is 0 Å². The predicted molar refractivity (Wildman–Crippen MR) is 95.2 cm³/mol. The number of hydrogen-bond acceptors (Lipinski definition) is 6. The van der Waals surface area contributed by atoms with Gasteiger partial charge in [0.15, 0.2) is 11.2 Å². The molecule has 0 aliphatic rings. The fourth-order valence-electron chi connectivity index (χ4n) is 2.38. The van der Waals surface area contributed by atoms with Crippen LogP contribution in [0.3, 0.4) is 0 Å². The minimum atomic E-state index is -0.648. The van der Waals surface area contributed by atoms with Gasteiger partial charge in [-0.1, -0.05) is 30.3 Å². The van der Waals surface area contributed by atoms with E-state index in [4.69, 9.17) is 4.74 Å². The monoisotopic (exact) mass is 355 g/mol. The Morgan fingerprint density at radius 2 is 1.69 bits per heavy atom. The third kappa shape index (κ3) is 2.83. The first kappa shape index (κ1) is 17.3. The van der Waals surface area contributed by atoms with Crippen molar-refractivity contribution >= 4 is 17.3 Å². The van der Waals surface area contributed by atoms with E-state index in [9.17, 15) is 14.4 Å². The minimum Gasteiger partial charge on any atom is -0.389 e. The molecular weight excluding hydrogens is 338 g/mol. The Bertz CT molecular complexity index is 1120. The van der Waals surface area contributed by atoms with E-state index in [2.05, 4.69) is 9.97 Å². The number of rotatable bonds is 2. The second kappa shape index (κ2) is 6.43. The fourth-order valence-corrected chi connectivity index (χ4v) is 2.38. The molecule has 0 saturated carbocycles. The molecule has 9 nitrogen and oxygen atoms in total. The average Bonchev–Trinajstić information content (AvgIpc) is 2.64. The normalized spacial score (nSPS) is 10.8. The van der Waals surface area contributed by atoms with Crippen molar-refractivity contribution in [1.29, 1.82) is 0 Å². The molecular formula is C17H17N5O4. The molecule has 26 heavy (non-hydrogen) atoms. The molecule has 0 bridgehead atoms. The summed E-state index contributed by atoms with van der Waals surface area (Å²) >= 11 is 0. The number of nitrogens with zero attached hydrogens (tertiary/aromatic N) is 5. The van der Waals surface area contributed by atoms with Gasteiger partial charge in [-0.3, -0.25) is 13.9 Å². The molecule has 0 aliphatic carbocycles. The van der Waals surface area contributed by atoms with E-state index in [0.717, 1.165) is 4.57 Å². The van der Waals surface area contributed by atoms with Crippen LogP contribution in [0.1, 0.15) is 0 Å². The van der Waals surface area contributed by atoms with E-state index in [1.54, 1.807) is 24.3 Å². The van der Waals surface area contributed by atoms with E-state index >= 15 is 0 Å².